The number of aromatic nitrogens is 2. The number of anilines is 1. The fraction of sp³-hybridized carbons (Fsp3) is 0.474. The molecule has 6 heteroatoms. The Bertz CT molecular complexity index is 692. The van der Waals surface area contributed by atoms with Crippen LogP contribution in [0.1, 0.15) is 56.7 Å². The van der Waals surface area contributed by atoms with Crippen LogP contribution in [0, 0.1) is 0 Å². The summed E-state index contributed by atoms with van der Waals surface area (Å²) < 4.78 is 3.06. The maximum atomic E-state index is 12.4. The molecule has 0 saturated heterocycles. The van der Waals surface area contributed by atoms with E-state index in [9.17, 15) is 4.79 Å². The van der Waals surface area contributed by atoms with Gasteiger partial charge in [-0.1, -0.05) is 47.8 Å². The molecule has 1 amide bonds. The van der Waals surface area contributed by atoms with Gasteiger partial charge in [-0.15, -0.1) is 0 Å². The number of carbonyl (C=O) groups excluding carboxylic acids is 1. The van der Waals surface area contributed by atoms with Gasteiger partial charge >= 0.3 is 0 Å². The van der Waals surface area contributed by atoms with Crippen LogP contribution in [0.5, 0.6) is 0 Å². The van der Waals surface area contributed by atoms with Gasteiger partial charge < -0.3 is 10.6 Å². The summed E-state index contributed by atoms with van der Waals surface area (Å²) in [4.78, 5) is 12.4. The number of nitrogens with two attached hydrogens (primary N) is 1. The summed E-state index contributed by atoms with van der Waals surface area (Å²) in [6.45, 7) is 2.56. The maximum absolute atomic E-state index is 12.4. The van der Waals surface area contributed by atoms with E-state index >= 15 is 0 Å². The van der Waals surface area contributed by atoms with Crippen molar-refractivity contribution in [1.29, 1.82) is 0 Å². The lowest BCUT2D eigenvalue weighted by Gasteiger charge is -2.16. The Morgan fingerprint density at radius 1 is 1.32 bits per heavy atom. The van der Waals surface area contributed by atoms with Gasteiger partial charge in [-0.05, 0) is 25.0 Å². The predicted octanol–water partition coefficient (Wildman–Crippen LogP) is 3.41. The second-order valence-corrected chi connectivity index (χ2v) is 7.57. The molecule has 0 bridgehead atoms. The predicted molar refractivity (Wildman–Crippen MR) is 102 cm³/mol. The van der Waals surface area contributed by atoms with Crippen molar-refractivity contribution < 1.29 is 10.1 Å². The van der Waals surface area contributed by atoms with Gasteiger partial charge in [0.1, 0.15) is 11.9 Å². The Hall–Kier alpha value is -1.66. The van der Waals surface area contributed by atoms with Crippen molar-refractivity contribution in [3.63, 3.8) is 0 Å². The van der Waals surface area contributed by atoms with E-state index in [2.05, 4.69) is 50.7 Å². The Morgan fingerprint density at radius 3 is 2.72 bits per heavy atom. The minimum atomic E-state index is 0.0234. The van der Waals surface area contributed by atoms with Gasteiger partial charge in [0.2, 0.25) is 0 Å². The number of rotatable bonds is 7. The zero-order valence-electron chi connectivity index (χ0n) is 14.6. The molecule has 0 unspecified atom stereocenters. The highest BCUT2D eigenvalue weighted by molar-refractivity contribution is 9.10. The summed E-state index contributed by atoms with van der Waals surface area (Å²) in [6.07, 6.45) is 7.55. The first kappa shape index (κ1) is 18.1. The van der Waals surface area contributed by atoms with Crippen LogP contribution in [0.3, 0.4) is 0 Å². The van der Waals surface area contributed by atoms with E-state index in [-0.39, 0.29) is 5.91 Å². The molecule has 1 fully saturated rings. The maximum Gasteiger partial charge on any atom is 0.280 e. The molecule has 0 spiro atoms. The Morgan fingerprint density at radius 2 is 2.04 bits per heavy atom. The number of nitrogens with zero attached hydrogens (tertiary/aromatic N) is 2. The first-order chi connectivity index (χ1) is 12.2. The second kappa shape index (κ2) is 8.63. The monoisotopic (exact) mass is 405 g/mol. The third kappa shape index (κ3) is 4.70. The van der Waals surface area contributed by atoms with Crippen LogP contribution in [-0.4, -0.2) is 22.2 Å². The molecule has 1 aromatic carbocycles. The van der Waals surface area contributed by atoms with E-state index in [4.69, 9.17) is 0 Å². The number of hydrogen-bond acceptors (Lipinski definition) is 2. The zero-order chi connectivity index (χ0) is 17.6. The van der Waals surface area contributed by atoms with Crippen molar-refractivity contribution >= 4 is 27.7 Å². The van der Waals surface area contributed by atoms with Crippen LogP contribution < -0.4 is 10.6 Å². The average Bonchev–Trinajstić information content (AvgIpc) is 3.28. The van der Waals surface area contributed by atoms with Crippen molar-refractivity contribution in [1.82, 2.24) is 9.78 Å². The zero-order valence-corrected chi connectivity index (χ0v) is 16.2. The molecule has 25 heavy (non-hydrogen) atoms. The highest BCUT2D eigenvalue weighted by Crippen LogP contribution is 2.31. The van der Waals surface area contributed by atoms with Gasteiger partial charge in [-0.2, -0.15) is 5.10 Å². The molecular weight excluding hydrogens is 380 g/mol. The molecule has 3 rings (SSSR count). The molecule has 1 heterocycles. The molecule has 1 aromatic heterocycles. The Kier molecular flexibility index (Phi) is 6.26. The van der Waals surface area contributed by atoms with Gasteiger partial charge in [0, 0.05) is 22.5 Å². The van der Waals surface area contributed by atoms with Crippen LogP contribution >= 0.6 is 15.9 Å². The number of amides is 1. The highest BCUT2D eigenvalue weighted by atomic mass is 79.9. The lowest BCUT2D eigenvalue weighted by Crippen LogP contribution is -2.87. The first-order valence-corrected chi connectivity index (χ1v) is 9.89. The molecule has 0 radical (unpaired) electrons. The second-order valence-electron chi connectivity index (χ2n) is 6.65. The standard InChI is InChI=1S/C19H25BrN4O/c1-2-17(14-7-9-15(20)10-8-14)21-13-19(25)23-18-11-12-22-24(18)16-5-3-4-6-16/h7-12,16-17,21H,2-6,13H2,1H3,(H,23,25)/p+1/t17-/m1/s1. The summed E-state index contributed by atoms with van der Waals surface area (Å²) in [5.41, 5.74) is 1.24. The third-order valence-corrected chi connectivity index (χ3v) is 5.46. The Labute approximate surface area is 157 Å². The van der Waals surface area contributed by atoms with E-state index in [1.54, 1.807) is 6.20 Å². The number of carbonyl (C=O) groups is 1. The summed E-state index contributed by atoms with van der Waals surface area (Å²) in [5, 5.41) is 9.54. The summed E-state index contributed by atoms with van der Waals surface area (Å²) in [5.74, 6) is 0.845. The fourth-order valence-electron chi connectivity index (χ4n) is 3.54. The summed E-state index contributed by atoms with van der Waals surface area (Å²) in [7, 11) is 0. The summed E-state index contributed by atoms with van der Waals surface area (Å²) >= 11 is 3.46. The molecule has 2 aromatic rings. The van der Waals surface area contributed by atoms with Gasteiger partial charge in [0.15, 0.2) is 6.54 Å². The largest absolute Gasteiger partial charge is 0.332 e. The highest BCUT2D eigenvalue weighted by Gasteiger charge is 2.21. The van der Waals surface area contributed by atoms with Gasteiger partial charge in [-0.3, -0.25) is 4.79 Å². The molecule has 1 atom stereocenters. The van der Waals surface area contributed by atoms with Crippen LogP contribution in [0.15, 0.2) is 41.0 Å². The summed E-state index contributed by atoms with van der Waals surface area (Å²) in [6, 6.07) is 10.9. The minimum Gasteiger partial charge on any atom is -0.332 e. The van der Waals surface area contributed by atoms with E-state index in [0.717, 1.165) is 29.6 Å². The first-order valence-electron chi connectivity index (χ1n) is 9.09. The molecule has 1 aliphatic carbocycles. The van der Waals surface area contributed by atoms with Crippen LogP contribution in [0.4, 0.5) is 5.82 Å². The van der Waals surface area contributed by atoms with E-state index in [1.165, 1.54) is 18.4 Å². The van der Waals surface area contributed by atoms with Crippen molar-refractivity contribution in [3.8, 4) is 0 Å². The van der Waals surface area contributed by atoms with Crippen molar-refractivity contribution in [3.05, 3.63) is 46.6 Å². The lowest BCUT2D eigenvalue weighted by molar-refractivity contribution is -0.686. The molecule has 3 N–H and O–H groups in total. The normalized spacial score (nSPS) is 16.1. The SMILES string of the molecule is CC[C@@H]([NH2+]CC(=O)Nc1ccnn1C1CCCC1)c1ccc(Br)cc1. The molecular formula is C19H26BrN4O+. The van der Waals surface area contributed by atoms with E-state index in [1.807, 2.05) is 22.9 Å². The number of quaternary nitrogens is 1. The Balaban J connectivity index is 1.55. The fourth-order valence-corrected chi connectivity index (χ4v) is 3.81. The molecule has 5 nitrogen and oxygen atoms in total. The van der Waals surface area contributed by atoms with Crippen LogP contribution in [0.25, 0.3) is 0 Å². The molecule has 0 aliphatic heterocycles. The van der Waals surface area contributed by atoms with Crippen LogP contribution in [-0.2, 0) is 4.79 Å². The number of hydrogen-bond donors (Lipinski definition) is 2. The molecule has 1 aliphatic rings. The quantitative estimate of drug-likeness (QED) is 0.740. The average molecular weight is 406 g/mol. The van der Waals surface area contributed by atoms with Gasteiger partial charge in [-0.25, -0.2) is 4.68 Å². The van der Waals surface area contributed by atoms with Crippen LogP contribution in [0.2, 0.25) is 0 Å². The molecule has 1 saturated carbocycles. The number of halogens is 1. The topological polar surface area (TPSA) is 63.5 Å². The van der Waals surface area contributed by atoms with Crippen molar-refractivity contribution in [2.75, 3.05) is 11.9 Å². The third-order valence-electron chi connectivity index (χ3n) is 4.93. The number of benzene rings is 1. The number of nitrogens with one attached hydrogen (secondary N) is 1. The molecule has 134 valence electrons. The minimum absolute atomic E-state index is 0.0234. The lowest BCUT2D eigenvalue weighted by atomic mass is 10.0. The van der Waals surface area contributed by atoms with Gasteiger partial charge in [0.05, 0.1) is 12.2 Å². The smallest absolute Gasteiger partial charge is 0.280 e. The van der Waals surface area contributed by atoms with Crippen molar-refractivity contribution in [2.24, 2.45) is 0 Å². The van der Waals surface area contributed by atoms with Gasteiger partial charge in [0.25, 0.3) is 5.91 Å². The van der Waals surface area contributed by atoms with E-state index < -0.39 is 0 Å². The van der Waals surface area contributed by atoms with E-state index in [0.29, 0.717) is 18.6 Å². The van der Waals surface area contributed by atoms with Crippen molar-refractivity contribution in [2.45, 2.75) is 51.1 Å².